The third-order valence-electron chi connectivity index (χ3n) is 1.54. The molecule has 0 aliphatic carbocycles. The maximum absolute atomic E-state index is 5.12. The monoisotopic (exact) mass is 179 g/mol. The molecule has 2 heteroatoms. The highest BCUT2D eigenvalue weighted by Gasteiger charge is 1.94. The molecule has 0 bridgehead atoms. The van der Waals surface area contributed by atoms with Crippen LogP contribution in [0.25, 0.3) is 0 Å². The van der Waals surface area contributed by atoms with Crippen molar-refractivity contribution in [2.45, 2.75) is 19.9 Å². The quantitative estimate of drug-likeness (QED) is 0.552. The molecular weight excluding hydrogens is 166 g/mol. The molecule has 1 nitrogen and oxygen atoms in total. The van der Waals surface area contributed by atoms with Crippen LogP contribution in [0, 0.1) is 19.3 Å². The summed E-state index contributed by atoms with van der Waals surface area (Å²) in [6.45, 7) is 3.98. The average Bonchev–Trinajstić information content (AvgIpc) is 2.45. The second kappa shape index (κ2) is 4.97. The van der Waals surface area contributed by atoms with Crippen molar-refractivity contribution < 1.29 is 0 Å². The van der Waals surface area contributed by atoms with Gasteiger partial charge in [-0.3, -0.25) is 0 Å². The Bertz CT molecular complexity index is 270. The molecule has 1 aromatic heterocycles. The molecule has 1 aromatic rings. The van der Waals surface area contributed by atoms with Gasteiger partial charge in [-0.2, -0.15) is 0 Å². The summed E-state index contributed by atoms with van der Waals surface area (Å²) in [5.41, 5.74) is 0. The van der Waals surface area contributed by atoms with Crippen LogP contribution in [-0.4, -0.2) is 6.54 Å². The molecule has 1 N–H and O–H groups in total. The van der Waals surface area contributed by atoms with Gasteiger partial charge in [-0.1, -0.05) is 0 Å². The van der Waals surface area contributed by atoms with Crippen molar-refractivity contribution in [1.82, 2.24) is 5.32 Å². The number of terminal acetylenes is 1. The number of nitrogens with one attached hydrogen (secondary N) is 1. The summed E-state index contributed by atoms with van der Waals surface area (Å²) in [7, 11) is 0. The largest absolute Gasteiger partial charge is 0.311 e. The summed E-state index contributed by atoms with van der Waals surface area (Å²) in [5.74, 6) is 2.60. The molecule has 0 aliphatic heterocycles. The summed E-state index contributed by atoms with van der Waals surface area (Å²) in [5, 5.41) is 3.28. The van der Waals surface area contributed by atoms with Crippen LogP contribution < -0.4 is 5.32 Å². The Morgan fingerprint density at radius 3 is 3.00 bits per heavy atom. The minimum Gasteiger partial charge on any atom is -0.311 e. The summed E-state index contributed by atoms with van der Waals surface area (Å²) in [6, 6.07) is 4.30. The highest BCUT2D eigenvalue weighted by Crippen LogP contribution is 2.14. The molecule has 1 rings (SSSR count). The summed E-state index contributed by atoms with van der Waals surface area (Å²) < 4.78 is 0. The first-order valence-electron chi connectivity index (χ1n) is 4.02. The van der Waals surface area contributed by atoms with Crippen molar-refractivity contribution in [2.24, 2.45) is 0 Å². The molecule has 0 unspecified atom stereocenters. The zero-order valence-corrected chi connectivity index (χ0v) is 8.08. The van der Waals surface area contributed by atoms with Gasteiger partial charge in [0.15, 0.2) is 0 Å². The van der Waals surface area contributed by atoms with Gasteiger partial charge in [0.1, 0.15) is 0 Å². The Labute approximate surface area is 77.8 Å². The van der Waals surface area contributed by atoms with E-state index in [0.29, 0.717) is 0 Å². The second-order valence-electron chi connectivity index (χ2n) is 2.64. The lowest BCUT2D eigenvalue weighted by atomic mass is 10.4. The van der Waals surface area contributed by atoms with E-state index in [0.717, 1.165) is 19.5 Å². The van der Waals surface area contributed by atoms with E-state index in [2.05, 4.69) is 30.3 Å². The van der Waals surface area contributed by atoms with Gasteiger partial charge in [0.05, 0.1) is 0 Å². The maximum atomic E-state index is 5.12. The van der Waals surface area contributed by atoms with Crippen molar-refractivity contribution in [3.8, 4) is 12.3 Å². The molecule has 0 radical (unpaired) electrons. The standard InChI is InChI=1S/C10H13NS/c1-3-4-7-11-8-10-6-5-9(2)12-10/h1,5-6,11H,4,7-8H2,2H3. The fourth-order valence-electron chi connectivity index (χ4n) is 0.952. The average molecular weight is 179 g/mol. The van der Waals surface area contributed by atoms with Gasteiger partial charge in [-0.15, -0.1) is 23.7 Å². The topological polar surface area (TPSA) is 12.0 Å². The molecular formula is C10H13NS. The van der Waals surface area contributed by atoms with Crippen molar-refractivity contribution in [3.05, 3.63) is 21.9 Å². The fraction of sp³-hybridized carbons (Fsp3) is 0.400. The van der Waals surface area contributed by atoms with Crippen LogP contribution in [0.2, 0.25) is 0 Å². The van der Waals surface area contributed by atoms with Crippen LogP contribution in [0.4, 0.5) is 0 Å². The van der Waals surface area contributed by atoms with Crippen LogP contribution in [0.1, 0.15) is 16.2 Å². The molecule has 0 amide bonds. The zero-order chi connectivity index (χ0) is 8.81. The lowest BCUT2D eigenvalue weighted by Gasteiger charge is -1.97. The molecule has 0 aliphatic rings. The van der Waals surface area contributed by atoms with Crippen molar-refractivity contribution in [2.75, 3.05) is 6.54 Å². The second-order valence-corrected chi connectivity index (χ2v) is 4.02. The lowest BCUT2D eigenvalue weighted by Crippen LogP contribution is -2.12. The van der Waals surface area contributed by atoms with Gasteiger partial charge in [0, 0.05) is 29.3 Å². The molecule has 0 saturated carbocycles. The molecule has 0 spiro atoms. The van der Waals surface area contributed by atoms with E-state index in [9.17, 15) is 0 Å². The van der Waals surface area contributed by atoms with Gasteiger partial charge < -0.3 is 5.32 Å². The first-order chi connectivity index (χ1) is 5.83. The predicted octanol–water partition coefficient (Wildman–Crippen LogP) is 2.17. The van der Waals surface area contributed by atoms with E-state index >= 15 is 0 Å². The third-order valence-corrected chi connectivity index (χ3v) is 2.54. The zero-order valence-electron chi connectivity index (χ0n) is 7.26. The van der Waals surface area contributed by atoms with E-state index in [4.69, 9.17) is 6.42 Å². The molecule has 0 aromatic carbocycles. The van der Waals surface area contributed by atoms with E-state index < -0.39 is 0 Å². The number of thiophene rings is 1. The van der Waals surface area contributed by atoms with Crippen LogP contribution in [0.15, 0.2) is 12.1 Å². The predicted molar refractivity (Wildman–Crippen MR) is 54.2 cm³/mol. The van der Waals surface area contributed by atoms with Crippen LogP contribution >= 0.6 is 11.3 Å². The highest BCUT2D eigenvalue weighted by molar-refractivity contribution is 7.11. The van der Waals surface area contributed by atoms with E-state index in [-0.39, 0.29) is 0 Å². The molecule has 0 saturated heterocycles. The Balaban J connectivity index is 2.21. The van der Waals surface area contributed by atoms with Crippen molar-refractivity contribution in [1.29, 1.82) is 0 Å². The fourth-order valence-corrected chi connectivity index (χ4v) is 1.81. The molecule has 0 atom stereocenters. The Hall–Kier alpha value is -0.780. The van der Waals surface area contributed by atoms with Crippen molar-refractivity contribution in [3.63, 3.8) is 0 Å². The molecule has 0 fully saturated rings. The van der Waals surface area contributed by atoms with Gasteiger partial charge in [0.2, 0.25) is 0 Å². The van der Waals surface area contributed by atoms with E-state index in [1.807, 2.05) is 11.3 Å². The first kappa shape index (κ1) is 9.31. The van der Waals surface area contributed by atoms with E-state index in [1.165, 1.54) is 9.75 Å². The van der Waals surface area contributed by atoms with Gasteiger partial charge in [-0.25, -0.2) is 0 Å². The SMILES string of the molecule is C#CCCNCc1ccc(C)s1. The third kappa shape index (κ3) is 3.08. The Morgan fingerprint density at radius 1 is 1.58 bits per heavy atom. The lowest BCUT2D eigenvalue weighted by molar-refractivity contribution is 0.709. The van der Waals surface area contributed by atoms with Crippen LogP contribution in [0.3, 0.4) is 0 Å². The maximum Gasteiger partial charge on any atom is 0.0300 e. The van der Waals surface area contributed by atoms with E-state index in [1.54, 1.807) is 0 Å². The number of hydrogen-bond donors (Lipinski definition) is 1. The van der Waals surface area contributed by atoms with Crippen LogP contribution in [-0.2, 0) is 6.54 Å². The number of hydrogen-bond acceptors (Lipinski definition) is 2. The minimum absolute atomic E-state index is 0.810. The first-order valence-corrected chi connectivity index (χ1v) is 4.84. The molecule has 12 heavy (non-hydrogen) atoms. The van der Waals surface area contributed by atoms with Crippen LogP contribution in [0.5, 0.6) is 0 Å². The van der Waals surface area contributed by atoms with Gasteiger partial charge in [-0.05, 0) is 19.1 Å². The smallest absolute Gasteiger partial charge is 0.0300 e. The van der Waals surface area contributed by atoms with Gasteiger partial charge >= 0.3 is 0 Å². The highest BCUT2D eigenvalue weighted by atomic mass is 32.1. The normalized spacial score (nSPS) is 9.67. The Kier molecular flexibility index (Phi) is 3.86. The van der Waals surface area contributed by atoms with Crippen molar-refractivity contribution >= 4 is 11.3 Å². The number of rotatable bonds is 4. The molecule has 64 valence electrons. The summed E-state index contributed by atoms with van der Waals surface area (Å²) >= 11 is 1.83. The minimum atomic E-state index is 0.810. The Morgan fingerprint density at radius 2 is 2.42 bits per heavy atom. The summed E-state index contributed by atoms with van der Waals surface area (Å²) in [4.78, 5) is 2.74. The number of aryl methyl sites for hydroxylation is 1. The van der Waals surface area contributed by atoms with Gasteiger partial charge in [0.25, 0.3) is 0 Å². The summed E-state index contributed by atoms with van der Waals surface area (Å²) in [6.07, 6.45) is 5.93. The molecule has 1 heterocycles.